The smallest absolute Gasteiger partial charge is 0.348 e. The van der Waals surface area contributed by atoms with Gasteiger partial charge in [0.05, 0.1) is 0 Å². The highest BCUT2D eigenvalue weighted by molar-refractivity contribution is 7.28. The first-order chi connectivity index (χ1) is 10.7. The summed E-state index contributed by atoms with van der Waals surface area (Å²) < 4.78 is 8.19. The summed E-state index contributed by atoms with van der Waals surface area (Å²) >= 11 is 3.39. The van der Waals surface area contributed by atoms with Crippen molar-refractivity contribution in [3.63, 3.8) is 0 Å². The number of hydrogen-bond acceptors (Lipinski definition) is 4. The van der Waals surface area contributed by atoms with Crippen LogP contribution in [0, 0.1) is 5.92 Å². The van der Waals surface area contributed by atoms with Crippen LogP contribution in [0.1, 0.15) is 66.9 Å². The zero-order chi connectivity index (χ0) is 15.5. The Kier molecular flexibility index (Phi) is 5.19. The predicted octanol–water partition coefficient (Wildman–Crippen LogP) is 6.04. The third-order valence-electron chi connectivity index (χ3n) is 4.60. The summed E-state index contributed by atoms with van der Waals surface area (Å²) in [4.78, 5) is 14.5. The number of fused-ring (bicyclic) bond motifs is 1. The number of ether oxygens (including phenoxy) is 1. The average molecular weight is 337 g/mol. The molecule has 0 N–H and O–H groups in total. The van der Waals surface area contributed by atoms with E-state index in [0.717, 1.165) is 30.1 Å². The molecule has 4 heteroatoms. The number of rotatable bonds is 5. The minimum Gasteiger partial charge on any atom is -0.458 e. The van der Waals surface area contributed by atoms with E-state index < -0.39 is 0 Å². The highest BCUT2D eigenvalue weighted by atomic mass is 32.1. The van der Waals surface area contributed by atoms with Crippen molar-refractivity contribution in [2.45, 2.75) is 64.9 Å². The van der Waals surface area contributed by atoms with E-state index in [0.29, 0.717) is 0 Å². The van der Waals surface area contributed by atoms with Gasteiger partial charge < -0.3 is 4.74 Å². The molecule has 120 valence electrons. The lowest BCUT2D eigenvalue weighted by Crippen LogP contribution is -2.24. The van der Waals surface area contributed by atoms with Crippen LogP contribution in [-0.4, -0.2) is 12.1 Å². The molecule has 1 aliphatic rings. The van der Waals surface area contributed by atoms with E-state index in [-0.39, 0.29) is 12.1 Å². The zero-order valence-electron chi connectivity index (χ0n) is 13.4. The molecule has 22 heavy (non-hydrogen) atoms. The molecular weight excluding hydrogens is 312 g/mol. The molecule has 2 aromatic rings. The van der Waals surface area contributed by atoms with Crippen LogP contribution in [0.2, 0.25) is 0 Å². The second kappa shape index (κ2) is 7.14. The van der Waals surface area contributed by atoms with Crippen LogP contribution in [0.4, 0.5) is 0 Å². The molecule has 0 aliphatic heterocycles. The first-order valence-corrected chi connectivity index (χ1v) is 10.1. The Balaban J connectivity index is 1.61. The quantitative estimate of drug-likeness (QED) is 0.622. The van der Waals surface area contributed by atoms with Crippen molar-refractivity contribution in [2.75, 3.05) is 0 Å². The summed E-state index contributed by atoms with van der Waals surface area (Å²) in [6, 6.07) is 4.25. The Hall–Kier alpha value is -0.870. The van der Waals surface area contributed by atoms with Gasteiger partial charge in [-0.2, -0.15) is 0 Å². The molecule has 0 amide bonds. The molecule has 1 saturated carbocycles. The minimum atomic E-state index is -0.120. The lowest BCUT2D eigenvalue weighted by molar-refractivity contribution is 0.0170. The molecular formula is C18H24O2S2. The minimum absolute atomic E-state index is 0.120. The van der Waals surface area contributed by atoms with Gasteiger partial charge in [-0.25, -0.2) is 4.79 Å². The van der Waals surface area contributed by atoms with Crippen LogP contribution in [-0.2, 0) is 11.2 Å². The lowest BCUT2D eigenvalue weighted by Gasteiger charge is -2.27. The number of hydrogen-bond donors (Lipinski definition) is 0. The van der Waals surface area contributed by atoms with Crippen molar-refractivity contribution in [1.29, 1.82) is 0 Å². The van der Waals surface area contributed by atoms with Crippen molar-refractivity contribution in [1.82, 2.24) is 0 Å². The van der Waals surface area contributed by atoms with E-state index in [2.05, 4.69) is 19.9 Å². The first-order valence-electron chi connectivity index (χ1n) is 8.42. The second-order valence-corrected chi connectivity index (χ2v) is 8.51. The maximum Gasteiger partial charge on any atom is 0.348 e. The normalized spacial score (nSPS) is 22.1. The molecule has 2 aromatic heterocycles. The van der Waals surface area contributed by atoms with Gasteiger partial charge >= 0.3 is 5.97 Å². The van der Waals surface area contributed by atoms with Gasteiger partial charge in [0.2, 0.25) is 0 Å². The Labute approximate surface area is 140 Å². The fourth-order valence-electron chi connectivity index (χ4n) is 3.22. The van der Waals surface area contributed by atoms with Crippen LogP contribution in [0.5, 0.6) is 0 Å². The molecule has 0 atom stereocenters. The van der Waals surface area contributed by atoms with Crippen molar-refractivity contribution in [3.8, 4) is 0 Å². The van der Waals surface area contributed by atoms with E-state index in [9.17, 15) is 4.79 Å². The van der Waals surface area contributed by atoms with E-state index in [1.807, 2.05) is 17.4 Å². The Morgan fingerprint density at radius 2 is 1.86 bits per heavy atom. The van der Waals surface area contributed by atoms with E-state index in [1.54, 1.807) is 11.3 Å². The summed E-state index contributed by atoms with van der Waals surface area (Å²) in [7, 11) is 0. The predicted molar refractivity (Wildman–Crippen MR) is 95.1 cm³/mol. The average Bonchev–Trinajstić information content (AvgIpc) is 3.07. The van der Waals surface area contributed by atoms with Gasteiger partial charge in [-0.3, -0.25) is 0 Å². The lowest BCUT2D eigenvalue weighted by atomic mass is 9.86. The van der Waals surface area contributed by atoms with Gasteiger partial charge in [0, 0.05) is 14.3 Å². The highest BCUT2D eigenvalue weighted by Crippen LogP contribution is 2.35. The van der Waals surface area contributed by atoms with Crippen LogP contribution in [0.15, 0.2) is 12.1 Å². The molecule has 1 fully saturated rings. The van der Waals surface area contributed by atoms with Crippen LogP contribution < -0.4 is 0 Å². The summed E-state index contributed by atoms with van der Waals surface area (Å²) in [5.74, 6) is 0.712. The van der Waals surface area contributed by atoms with E-state index in [1.165, 1.54) is 40.0 Å². The Bertz CT molecular complexity index is 601. The molecule has 3 rings (SSSR count). The molecule has 0 spiro atoms. The largest absolute Gasteiger partial charge is 0.458 e. The monoisotopic (exact) mass is 336 g/mol. The fraction of sp³-hybridized carbons (Fsp3) is 0.611. The maximum absolute atomic E-state index is 12.3. The summed E-state index contributed by atoms with van der Waals surface area (Å²) in [6.07, 6.45) is 8.15. The van der Waals surface area contributed by atoms with Gasteiger partial charge in [-0.05, 0) is 50.2 Å². The van der Waals surface area contributed by atoms with Crippen LogP contribution >= 0.6 is 22.7 Å². The standard InChI is InChI=1S/C18H24O2S2/c1-3-5-14-10-15-16(21-14)11-17(22-15)18(19)20-13-8-6-12(4-2)7-9-13/h10-13H,3-9H2,1-2H3/t12-,13-. The van der Waals surface area contributed by atoms with Crippen molar-refractivity contribution in [2.24, 2.45) is 5.92 Å². The number of thiophene rings is 2. The van der Waals surface area contributed by atoms with E-state index >= 15 is 0 Å². The molecule has 2 heterocycles. The molecule has 0 bridgehead atoms. The zero-order valence-corrected chi connectivity index (χ0v) is 15.0. The molecule has 2 nitrogen and oxygen atoms in total. The van der Waals surface area contributed by atoms with Crippen LogP contribution in [0.25, 0.3) is 9.40 Å². The Morgan fingerprint density at radius 3 is 2.50 bits per heavy atom. The number of carbonyl (C=O) groups excluding carboxylic acids is 1. The number of carbonyl (C=O) groups is 1. The van der Waals surface area contributed by atoms with E-state index in [4.69, 9.17) is 4.74 Å². The highest BCUT2D eigenvalue weighted by Gasteiger charge is 2.24. The summed E-state index contributed by atoms with van der Waals surface area (Å²) in [5, 5.41) is 0. The topological polar surface area (TPSA) is 26.3 Å². The molecule has 0 unspecified atom stereocenters. The second-order valence-electron chi connectivity index (χ2n) is 6.26. The molecule has 0 aromatic carbocycles. The van der Waals surface area contributed by atoms with Gasteiger partial charge in [0.25, 0.3) is 0 Å². The van der Waals surface area contributed by atoms with Crippen molar-refractivity contribution < 1.29 is 9.53 Å². The third kappa shape index (κ3) is 3.54. The molecule has 0 saturated heterocycles. The number of esters is 1. The van der Waals surface area contributed by atoms with Crippen LogP contribution in [0.3, 0.4) is 0 Å². The Morgan fingerprint density at radius 1 is 1.14 bits per heavy atom. The van der Waals surface area contributed by atoms with Crippen molar-refractivity contribution in [3.05, 3.63) is 21.9 Å². The molecule has 1 aliphatic carbocycles. The van der Waals surface area contributed by atoms with Crippen molar-refractivity contribution >= 4 is 38.0 Å². The van der Waals surface area contributed by atoms with Gasteiger partial charge in [-0.1, -0.05) is 26.7 Å². The number of aryl methyl sites for hydroxylation is 1. The first kappa shape index (κ1) is 16.0. The SMILES string of the molecule is CCCc1cc2sc(C(=O)O[C@H]3CC[C@H](CC)CC3)cc2s1. The van der Waals surface area contributed by atoms with Gasteiger partial charge in [0.15, 0.2) is 0 Å². The third-order valence-corrected chi connectivity index (χ3v) is 6.93. The summed E-state index contributed by atoms with van der Waals surface area (Å²) in [6.45, 7) is 4.45. The maximum atomic E-state index is 12.3. The van der Waals surface area contributed by atoms with Gasteiger partial charge in [0.1, 0.15) is 11.0 Å². The summed E-state index contributed by atoms with van der Waals surface area (Å²) in [5.41, 5.74) is 0. The fourth-order valence-corrected chi connectivity index (χ4v) is 5.63. The van der Waals surface area contributed by atoms with Gasteiger partial charge in [-0.15, -0.1) is 22.7 Å². The molecule has 0 radical (unpaired) electrons.